The summed E-state index contributed by atoms with van der Waals surface area (Å²) in [5, 5.41) is 0. The van der Waals surface area contributed by atoms with Gasteiger partial charge in [0, 0.05) is 37.1 Å². The summed E-state index contributed by atoms with van der Waals surface area (Å²) in [5.74, 6) is 0.0235. The summed E-state index contributed by atoms with van der Waals surface area (Å²) in [6.07, 6.45) is 5.38. The molecule has 1 unspecified atom stereocenters. The molecule has 1 aromatic heterocycles. The maximum absolute atomic E-state index is 12.6. The van der Waals surface area contributed by atoms with Gasteiger partial charge in [-0.1, -0.05) is 30.3 Å². The van der Waals surface area contributed by atoms with Crippen LogP contribution >= 0.6 is 0 Å². The smallest absolute Gasteiger partial charge is 0.255 e. The zero-order valence-corrected chi connectivity index (χ0v) is 11.9. The largest absolute Gasteiger partial charge is 0.337 e. The van der Waals surface area contributed by atoms with Crippen molar-refractivity contribution in [3.63, 3.8) is 0 Å². The molecule has 1 aliphatic rings. The lowest BCUT2D eigenvalue weighted by Crippen LogP contribution is -2.45. The van der Waals surface area contributed by atoms with Crippen LogP contribution in [0.2, 0.25) is 0 Å². The molecule has 0 aliphatic carbocycles. The Morgan fingerprint density at radius 1 is 1.19 bits per heavy atom. The first-order valence-corrected chi connectivity index (χ1v) is 7.29. The fraction of sp³-hybridized carbons (Fsp3) is 0.294. The summed E-state index contributed by atoms with van der Waals surface area (Å²) in [5.41, 5.74) is 8.61. The molecule has 4 heteroatoms. The van der Waals surface area contributed by atoms with Gasteiger partial charge in [0.25, 0.3) is 5.91 Å². The van der Waals surface area contributed by atoms with Gasteiger partial charge in [0.1, 0.15) is 0 Å². The second-order valence-corrected chi connectivity index (χ2v) is 5.48. The first-order valence-electron chi connectivity index (χ1n) is 7.29. The van der Waals surface area contributed by atoms with Crippen LogP contribution in [0.15, 0.2) is 48.8 Å². The molecule has 0 saturated carbocycles. The van der Waals surface area contributed by atoms with Crippen molar-refractivity contribution in [3.8, 4) is 11.1 Å². The zero-order valence-electron chi connectivity index (χ0n) is 11.9. The van der Waals surface area contributed by atoms with Gasteiger partial charge in [-0.15, -0.1) is 0 Å². The molecular weight excluding hydrogens is 262 g/mol. The van der Waals surface area contributed by atoms with E-state index in [4.69, 9.17) is 5.73 Å². The van der Waals surface area contributed by atoms with Crippen LogP contribution in [0.1, 0.15) is 23.2 Å². The fourth-order valence-corrected chi connectivity index (χ4v) is 2.72. The second kappa shape index (κ2) is 6.06. The van der Waals surface area contributed by atoms with Crippen LogP contribution in [0.3, 0.4) is 0 Å². The number of hydrogen-bond acceptors (Lipinski definition) is 3. The molecular formula is C17H19N3O. The van der Waals surface area contributed by atoms with Crippen molar-refractivity contribution < 1.29 is 4.79 Å². The van der Waals surface area contributed by atoms with Gasteiger partial charge in [0.05, 0.1) is 5.56 Å². The van der Waals surface area contributed by atoms with Gasteiger partial charge in [-0.05, 0) is 24.5 Å². The number of amides is 1. The van der Waals surface area contributed by atoms with Crippen molar-refractivity contribution in [2.45, 2.75) is 18.9 Å². The van der Waals surface area contributed by atoms with E-state index < -0.39 is 0 Å². The molecule has 0 spiro atoms. The van der Waals surface area contributed by atoms with Crippen LogP contribution in [0, 0.1) is 0 Å². The number of rotatable bonds is 2. The summed E-state index contributed by atoms with van der Waals surface area (Å²) in [6.45, 7) is 1.41. The van der Waals surface area contributed by atoms with E-state index in [0.29, 0.717) is 12.1 Å². The Kier molecular flexibility index (Phi) is 3.97. The van der Waals surface area contributed by atoms with Gasteiger partial charge >= 0.3 is 0 Å². The molecule has 3 rings (SSSR count). The molecule has 1 saturated heterocycles. The highest BCUT2D eigenvalue weighted by molar-refractivity contribution is 5.95. The number of hydrogen-bond donors (Lipinski definition) is 1. The number of carbonyl (C=O) groups excluding carboxylic acids is 1. The maximum atomic E-state index is 12.6. The van der Waals surface area contributed by atoms with Crippen molar-refractivity contribution in [2.24, 2.45) is 5.73 Å². The van der Waals surface area contributed by atoms with Crippen molar-refractivity contribution >= 4 is 5.91 Å². The fourth-order valence-electron chi connectivity index (χ4n) is 2.72. The van der Waals surface area contributed by atoms with E-state index in [1.165, 1.54) is 0 Å². The van der Waals surface area contributed by atoms with Crippen LogP contribution in [-0.4, -0.2) is 34.9 Å². The van der Waals surface area contributed by atoms with Gasteiger partial charge in [0.2, 0.25) is 0 Å². The predicted molar refractivity (Wildman–Crippen MR) is 82.8 cm³/mol. The lowest BCUT2D eigenvalue weighted by atomic mass is 10.0. The number of nitrogens with two attached hydrogens (primary N) is 1. The average Bonchev–Trinajstić information content (AvgIpc) is 2.55. The Morgan fingerprint density at radius 3 is 2.76 bits per heavy atom. The first-order chi connectivity index (χ1) is 10.2. The minimum absolute atomic E-state index is 0.0235. The number of benzene rings is 1. The number of nitrogens with zero attached hydrogens (tertiary/aromatic N) is 2. The molecule has 2 N–H and O–H groups in total. The minimum atomic E-state index is 0.0235. The minimum Gasteiger partial charge on any atom is -0.337 e. The topological polar surface area (TPSA) is 59.2 Å². The Morgan fingerprint density at radius 2 is 2.00 bits per heavy atom. The van der Waals surface area contributed by atoms with Crippen LogP contribution in [0.5, 0.6) is 0 Å². The molecule has 1 aromatic carbocycles. The molecule has 1 amide bonds. The molecule has 108 valence electrons. The summed E-state index contributed by atoms with van der Waals surface area (Å²) in [7, 11) is 0. The van der Waals surface area contributed by atoms with E-state index >= 15 is 0 Å². The maximum Gasteiger partial charge on any atom is 0.255 e. The van der Waals surface area contributed by atoms with Crippen LogP contribution < -0.4 is 5.73 Å². The van der Waals surface area contributed by atoms with Gasteiger partial charge in [-0.2, -0.15) is 0 Å². The number of piperidine rings is 1. The molecule has 1 fully saturated rings. The summed E-state index contributed by atoms with van der Waals surface area (Å²) < 4.78 is 0. The Labute approximate surface area is 124 Å². The highest BCUT2D eigenvalue weighted by Crippen LogP contribution is 2.20. The van der Waals surface area contributed by atoms with Crippen LogP contribution in [-0.2, 0) is 0 Å². The van der Waals surface area contributed by atoms with Gasteiger partial charge in [-0.25, -0.2) is 0 Å². The van der Waals surface area contributed by atoms with E-state index in [2.05, 4.69) is 4.98 Å². The number of likely N-dealkylation sites (tertiary alicyclic amines) is 1. The number of carbonyl (C=O) groups is 1. The monoisotopic (exact) mass is 281 g/mol. The molecule has 0 bridgehead atoms. The summed E-state index contributed by atoms with van der Waals surface area (Å²) >= 11 is 0. The summed E-state index contributed by atoms with van der Waals surface area (Å²) in [4.78, 5) is 18.6. The Bertz CT molecular complexity index is 627. The zero-order chi connectivity index (χ0) is 14.7. The molecule has 0 radical (unpaired) electrons. The average molecular weight is 281 g/mol. The van der Waals surface area contributed by atoms with Crippen LogP contribution in [0.4, 0.5) is 0 Å². The van der Waals surface area contributed by atoms with E-state index in [-0.39, 0.29) is 11.9 Å². The molecule has 1 atom stereocenters. The molecule has 2 aromatic rings. The molecule has 2 heterocycles. The first kappa shape index (κ1) is 13.8. The number of pyridine rings is 1. The van der Waals surface area contributed by atoms with Crippen molar-refractivity contribution in [2.75, 3.05) is 13.1 Å². The van der Waals surface area contributed by atoms with E-state index in [1.54, 1.807) is 12.4 Å². The lowest BCUT2D eigenvalue weighted by molar-refractivity contribution is 0.0708. The second-order valence-electron chi connectivity index (χ2n) is 5.48. The van der Waals surface area contributed by atoms with E-state index in [0.717, 1.165) is 30.5 Å². The number of aromatic nitrogens is 1. The third kappa shape index (κ3) is 3.11. The highest BCUT2D eigenvalue weighted by Gasteiger charge is 2.22. The highest BCUT2D eigenvalue weighted by atomic mass is 16.2. The molecule has 21 heavy (non-hydrogen) atoms. The van der Waals surface area contributed by atoms with Crippen molar-refractivity contribution in [1.82, 2.24) is 9.88 Å². The van der Waals surface area contributed by atoms with E-state index in [1.807, 2.05) is 41.3 Å². The summed E-state index contributed by atoms with van der Waals surface area (Å²) in [6, 6.07) is 12.0. The molecule has 1 aliphatic heterocycles. The van der Waals surface area contributed by atoms with Crippen molar-refractivity contribution in [3.05, 3.63) is 54.4 Å². The van der Waals surface area contributed by atoms with Crippen molar-refractivity contribution in [1.29, 1.82) is 0 Å². The molecule has 4 nitrogen and oxygen atoms in total. The third-order valence-electron chi connectivity index (χ3n) is 3.84. The third-order valence-corrected chi connectivity index (χ3v) is 3.84. The quantitative estimate of drug-likeness (QED) is 0.919. The Balaban J connectivity index is 1.84. The SMILES string of the molecule is NC1CCCN(C(=O)c2cncc(-c3ccccc3)c2)C1. The van der Waals surface area contributed by atoms with Crippen LogP contribution in [0.25, 0.3) is 11.1 Å². The van der Waals surface area contributed by atoms with Gasteiger partial charge in [-0.3, -0.25) is 9.78 Å². The standard InChI is InChI=1S/C17H19N3O/c18-16-7-4-8-20(12-16)17(21)15-9-14(10-19-11-15)13-5-2-1-3-6-13/h1-3,5-6,9-11,16H,4,7-8,12,18H2. The predicted octanol–water partition coefficient (Wildman–Crippen LogP) is 2.31. The normalized spacial score (nSPS) is 18.5. The lowest BCUT2D eigenvalue weighted by Gasteiger charge is -2.30. The van der Waals surface area contributed by atoms with Gasteiger partial charge < -0.3 is 10.6 Å². The van der Waals surface area contributed by atoms with E-state index in [9.17, 15) is 4.79 Å². The Hall–Kier alpha value is -2.20. The van der Waals surface area contributed by atoms with Gasteiger partial charge in [0.15, 0.2) is 0 Å².